The van der Waals surface area contributed by atoms with E-state index >= 15 is 0 Å². The van der Waals surface area contributed by atoms with Crippen molar-refractivity contribution in [3.8, 4) is 0 Å². The average molecular weight is 390 g/mol. The SMILES string of the molecule is CCN(CC)C1C=CC[C@@H](C(=O)c2ccc(C)cc2)[C@@H]1C(=O)c1ccc(C)cc1. The zero-order chi connectivity index (χ0) is 21.0. The smallest absolute Gasteiger partial charge is 0.168 e. The third-order valence-electron chi connectivity index (χ3n) is 6.07. The van der Waals surface area contributed by atoms with Crippen LogP contribution in [0.25, 0.3) is 0 Å². The molecule has 1 aliphatic rings. The summed E-state index contributed by atoms with van der Waals surface area (Å²) in [7, 11) is 0. The number of likely N-dealkylation sites (N-methyl/N-ethyl adjacent to an activating group) is 1. The molecule has 0 N–H and O–H groups in total. The minimum Gasteiger partial charge on any atom is -0.297 e. The largest absolute Gasteiger partial charge is 0.297 e. The van der Waals surface area contributed by atoms with Gasteiger partial charge in [0.05, 0.1) is 5.92 Å². The average Bonchev–Trinajstić information content (AvgIpc) is 2.74. The number of carbonyl (C=O) groups excluding carboxylic acids is 2. The van der Waals surface area contributed by atoms with Gasteiger partial charge in [-0.25, -0.2) is 0 Å². The molecule has 0 aliphatic heterocycles. The molecule has 3 atom stereocenters. The highest BCUT2D eigenvalue weighted by Crippen LogP contribution is 2.34. The van der Waals surface area contributed by atoms with Gasteiger partial charge in [-0.15, -0.1) is 0 Å². The lowest BCUT2D eigenvalue weighted by atomic mass is 9.71. The molecule has 0 fully saturated rings. The molecule has 0 spiro atoms. The van der Waals surface area contributed by atoms with Gasteiger partial charge in [0.1, 0.15) is 0 Å². The fraction of sp³-hybridized carbons (Fsp3) is 0.385. The van der Waals surface area contributed by atoms with Crippen LogP contribution in [0.3, 0.4) is 0 Å². The van der Waals surface area contributed by atoms with Crippen molar-refractivity contribution < 1.29 is 9.59 Å². The number of ketones is 2. The van der Waals surface area contributed by atoms with Crippen LogP contribution in [0.15, 0.2) is 60.7 Å². The fourth-order valence-corrected chi connectivity index (χ4v) is 4.31. The number of aryl methyl sites for hydroxylation is 2. The highest BCUT2D eigenvalue weighted by Gasteiger charge is 2.42. The number of rotatable bonds is 7. The maximum atomic E-state index is 13.6. The van der Waals surface area contributed by atoms with Crippen molar-refractivity contribution in [2.24, 2.45) is 11.8 Å². The van der Waals surface area contributed by atoms with E-state index in [0.29, 0.717) is 17.5 Å². The molecule has 152 valence electrons. The number of hydrogen-bond donors (Lipinski definition) is 0. The Morgan fingerprint density at radius 2 is 1.31 bits per heavy atom. The fourth-order valence-electron chi connectivity index (χ4n) is 4.31. The first kappa shape index (κ1) is 21.2. The molecule has 0 heterocycles. The second-order valence-electron chi connectivity index (χ2n) is 7.97. The minimum atomic E-state index is -0.378. The molecular formula is C26H31NO2. The van der Waals surface area contributed by atoms with Gasteiger partial charge >= 0.3 is 0 Å². The molecule has 29 heavy (non-hydrogen) atoms. The molecule has 2 aromatic carbocycles. The molecular weight excluding hydrogens is 358 g/mol. The lowest BCUT2D eigenvalue weighted by molar-refractivity contribution is 0.0639. The normalized spacial score (nSPS) is 21.3. The molecule has 0 radical (unpaired) electrons. The van der Waals surface area contributed by atoms with Gasteiger partial charge < -0.3 is 0 Å². The molecule has 3 heteroatoms. The number of nitrogens with zero attached hydrogens (tertiary/aromatic N) is 1. The molecule has 3 nitrogen and oxygen atoms in total. The summed E-state index contributed by atoms with van der Waals surface area (Å²) in [5, 5.41) is 0. The van der Waals surface area contributed by atoms with E-state index in [1.165, 1.54) is 0 Å². The van der Waals surface area contributed by atoms with Gasteiger partial charge in [-0.1, -0.05) is 85.7 Å². The summed E-state index contributed by atoms with van der Waals surface area (Å²) >= 11 is 0. The quantitative estimate of drug-likeness (QED) is 0.478. The predicted octanol–water partition coefficient (Wildman–Crippen LogP) is 5.27. The van der Waals surface area contributed by atoms with E-state index < -0.39 is 0 Å². The van der Waals surface area contributed by atoms with Gasteiger partial charge in [-0.3, -0.25) is 14.5 Å². The lowest BCUT2D eigenvalue weighted by Gasteiger charge is -2.39. The monoisotopic (exact) mass is 389 g/mol. The highest BCUT2D eigenvalue weighted by molar-refractivity contribution is 6.05. The van der Waals surface area contributed by atoms with Crippen molar-refractivity contribution in [1.29, 1.82) is 0 Å². The van der Waals surface area contributed by atoms with Crippen LogP contribution in [-0.2, 0) is 0 Å². The van der Waals surface area contributed by atoms with Crippen LogP contribution in [0.1, 0.15) is 52.1 Å². The lowest BCUT2D eigenvalue weighted by Crippen LogP contribution is -2.48. The van der Waals surface area contributed by atoms with Crippen molar-refractivity contribution in [1.82, 2.24) is 4.90 Å². The molecule has 0 bridgehead atoms. The van der Waals surface area contributed by atoms with E-state index in [0.717, 1.165) is 24.2 Å². The van der Waals surface area contributed by atoms with E-state index in [1.807, 2.05) is 62.4 Å². The zero-order valence-corrected chi connectivity index (χ0v) is 17.9. The predicted molar refractivity (Wildman–Crippen MR) is 118 cm³/mol. The standard InChI is InChI=1S/C26H31NO2/c1-5-27(6-2)23-9-7-8-22(25(28)20-14-10-18(3)11-15-20)24(23)26(29)21-16-12-19(4)13-17-21/h7,9-17,22-24H,5-6,8H2,1-4H3/t22-,23?,24+/m1/s1. The Morgan fingerprint density at radius 1 is 0.828 bits per heavy atom. The summed E-state index contributed by atoms with van der Waals surface area (Å²) in [5.74, 6) is -0.591. The third kappa shape index (κ3) is 4.56. The van der Waals surface area contributed by atoms with E-state index in [9.17, 15) is 9.59 Å². The van der Waals surface area contributed by atoms with Crippen molar-refractivity contribution in [2.45, 2.75) is 40.2 Å². The molecule has 0 saturated heterocycles. The first-order valence-electron chi connectivity index (χ1n) is 10.6. The van der Waals surface area contributed by atoms with E-state index in [4.69, 9.17) is 0 Å². The molecule has 1 aliphatic carbocycles. The maximum absolute atomic E-state index is 13.6. The van der Waals surface area contributed by atoms with Crippen molar-refractivity contribution in [2.75, 3.05) is 13.1 Å². The van der Waals surface area contributed by atoms with Gasteiger partial charge in [0, 0.05) is 23.1 Å². The Bertz CT molecular complexity index is 876. The van der Waals surface area contributed by atoms with Crippen LogP contribution in [0.2, 0.25) is 0 Å². The second kappa shape index (κ2) is 9.32. The van der Waals surface area contributed by atoms with Crippen LogP contribution in [-0.4, -0.2) is 35.6 Å². The molecule has 0 amide bonds. The Hall–Kier alpha value is -2.52. The minimum absolute atomic E-state index is 0.0630. The summed E-state index contributed by atoms with van der Waals surface area (Å²) < 4.78 is 0. The van der Waals surface area contributed by atoms with Crippen LogP contribution in [0, 0.1) is 25.7 Å². The highest BCUT2D eigenvalue weighted by atomic mass is 16.1. The van der Waals surface area contributed by atoms with Crippen molar-refractivity contribution in [3.05, 3.63) is 82.9 Å². The number of benzene rings is 2. The molecule has 2 aromatic rings. The Kier molecular flexibility index (Phi) is 6.81. The summed E-state index contributed by atoms with van der Waals surface area (Å²) in [6, 6.07) is 15.4. The number of carbonyl (C=O) groups is 2. The van der Waals surface area contributed by atoms with Gasteiger partial charge in [0.25, 0.3) is 0 Å². The van der Waals surface area contributed by atoms with Crippen LogP contribution < -0.4 is 0 Å². The van der Waals surface area contributed by atoms with Gasteiger partial charge in [-0.05, 0) is 33.4 Å². The maximum Gasteiger partial charge on any atom is 0.168 e. The number of Topliss-reactive ketones (excluding diaryl/α,β-unsaturated/α-hetero) is 2. The number of allylic oxidation sites excluding steroid dienone is 1. The van der Waals surface area contributed by atoms with Crippen LogP contribution >= 0.6 is 0 Å². The topological polar surface area (TPSA) is 37.4 Å². The molecule has 1 unspecified atom stereocenters. The third-order valence-corrected chi connectivity index (χ3v) is 6.07. The molecule has 3 rings (SSSR count). The molecule has 0 aromatic heterocycles. The first-order chi connectivity index (χ1) is 14.0. The Balaban J connectivity index is 2.01. The summed E-state index contributed by atoms with van der Waals surface area (Å²) in [5.41, 5.74) is 3.63. The Labute approximate surface area is 174 Å². The Morgan fingerprint density at radius 3 is 1.79 bits per heavy atom. The molecule has 0 saturated carbocycles. The van der Waals surface area contributed by atoms with Crippen LogP contribution in [0.4, 0.5) is 0 Å². The zero-order valence-electron chi connectivity index (χ0n) is 17.9. The van der Waals surface area contributed by atoms with E-state index in [1.54, 1.807) is 0 Å². The van der Waals surface area contributed by atoms with Crippen LogP contribution in [0.5, 0.6) is 0 Å². The van der Waals surface area contributed by atoms with E-state index in [-0.39, 0.29) is 29.4 Å². The van der Waals surface area contributed by atoms with Gasteiger partial charge in [0.2, 0.25) is 0 Å². The first-order valence-corrected chi connectivity index (χ1v) is 10.6. The summed E-state index contributed by atoms with van der Waals surface area (Å²) in [6.07, 6.45) is 4.81. The summed E-state index contributed by atoms with van der Waals surface area (Å²) in [4.78, 5) is 29.4. The van der Waals surface area contributed by atoms with Crippen molar-refractivity contribution in [3.63, 3.8) is 0 Å². The second-order valence-corrected chi connectivity index (χ2v) is 7.97. The summed E-state index contributed by atoms with van der Waals surface area (Å²) in [6.45, 7) is 9.92. The van der Waals surface area contributed by atoms with Gasteiger partial charge in [0.15, 0.2) is 11.6 Å². The number of hydrogen-bond acceptors (Lipinski definition) is 3. The van der Waals surface area contributed by atoms with Gasteiger partial charge in [-0.2, -0.15) is 0 Å². The van der Waals surface area contributed by atoms with E-state index in [2.05, 4.69) is 30.9 Å². The van der Waals surface area contributed by atoms with Crippen molar-refractivity contribution >= 4 is 11.6 Å².